The summed E-state index contributed by atoms with van der Waals surface area (Å²) >= 11 is 0. The third-order valence-electron chi connectivity index (χ3n) is 1.95. The van der Waals surface area contributed by atoms with Crippen molar-refractivity contribution in [1.82, 2.24) is 20.2 Å². The summed E-state index contributed by atoms with van der Waals surface area (Å²) in [5, 5.41) is 9.86. The average Bonchev–Trinajstić information content (AvgIpc) is 2.72. The molecular formula is C9H11N5. The van der Waals surface area contributed by atoms with Gasteiger partial charge >= 0.3 is 0 Å². The van der Waals surface area contributed by atoms with Crippen LogP contribution in [0, 0.1) is 0 Å². The van der Waals surface area contributed by atoms with E-state index in [1.807, 2.05) is 13.1 Å². The minimum Gasteiger partial charge on any atom is -0.362 e. The molecule has 2 heterocycles. The van der Waals surface area contributed by atoms with Crippen LogP contribution in [0.5, 0.6) is 0 Å². The molecule has 0 bridgehead atoms. The maximum atomic E-state index is 4.12. The van der Waals surface area contributed by atoms with E-state index < -0.39 is 0 Å². The van der Waals surface area contributed by atoms with Gasteiger partial charge in [0.2, 0.25) is 0 Å². The van der Waals surface area contributed by atoms with Gasteiger partial charge in [-0.05, 0) is 6.92 Å². The normalized spacial score (nSPS) is 12.4. The van der Waals surface area contributed by atoms with Gasteiger partial charge in [0.05, 0.1) is 18.4 Å². The number of aromatic amines is 1. The molecule has 0 aliphatic heterocycles. The fourth-order valence-electron chi connectivity index (χ4n) is 1.18. The number of H-pyrrole nitrogens is 1. The molecule has 2 aromatic heterocycles. The van der Waals surface area contributed by atoms with Crippen molar-refractivity contribution in [2.75, 3.05) is 5.32 Å². The van der Waals surface area contributed by atoms with E-state index in [9.17, 15) is 0 Å². The lowest BCUT2D eigenvalue weighted by atomic mass is 10.2. The minimum atomic E-state index is 0.172. The second-order valence-electron chi connectivity index (χ2n) is 2.99. The van der Waals surface area contributed by atoms with Gasteiger partial charge in [-0.25, -0.2) is 4.98 Å². The standard InChI is InChI=1S/C9H11N5/c1-7(8-4-12-13-5-8)14-9-6-10-2-3-11-9/h2-7H,1H3,(H,11,14)(H,12,13). The molecule has 0 saturated heterocycles. The third-order valence-corrected chi connectivity index (χ3v) is 1.95. The summed E-state index contributed by atoms with van der Waals surface area (Å²) in [4.78, 5) is 8.09. The lowest BCUT2D eigenvalue weighted by Gasteiger charge is -2.11. The van der Waals surface area contributed by atoms with Gasteiger partial charge in [0, 0.05) is 24.2 Å². The summed E-state index contributed by atoms with van der Waals surface area (Å²) < 4.78 is 0. The molecule has 72 valence electrons. The number of nitrogens with one attached hydrogen (secondary N) is 2. The molecule has 0 amide bonds. The zero-order valence-electron chi connectivity index (χ0n) is 7.81. The SMILES string of the molecule is CC(Nc1cnccn1)c1cn[nH]c1. The van der Waals surface area contributed by atoms with Crippen LogP contribution >= 0.6 is 0 Å². The summed E-state index contributed by atoms with van der Waals surface area (Å²) in [7, 11) is 0. The Morgan fingerprint density at radius 2 is 2.29 bits per heavy atom. The average molecular weight is 189 g/mol. The zero-order chi connectivity index (χ0) is 9.80. The van der Waals surface area contributed by atoms with E-state index in [1.54, 1.807) is 24.8 Å². The van der Waals surface area contributed by atoms with Crippen LogP contribution in [0.2, 0.25) is 0 Å². The van der Waals surface area contributed by atoms with E-state index in [1.165, 1.54) is 0 Å². The second-order valence-corrected chi connectivity index (χ2v) is 2.99. The zero-order valence-corrected chi connectivity index (χ0v) is 7.81. The Labute approximate surface area is 81.6 Å². The Hall–Kier alpha value is -1.91. The Morgan fingerprint density at radius 3 is 2.93 bits per heavy atom. The Morgan fingerprint density at radius 1 is 1.36 bits per heavy atom. The minimum absolute atomic E-state index is 0.172. The van der Waals surface area contributed by atoms with Gasteiger partial charge in [-0.2, -0.15) is 5.10 Å². The molecule has 0 aliphatic rings. The third kappa shape index (κ3) is 1.87. The van der Waals surface area contributed by atoms with Gasteiger partial charge in [0.25, 0.3) is 0 Å². The highest BCUT2D eigenvalue weighted by Gasteiger charge is 2.05. The van der Waals surface area contributed by atoms with Gasteiger partial charge in [-0.15, -0.1) is 0 Å². The van der Waals surface area contributed by atoms with Crippen LogP contribution in [0.3, 0.4) is 0 Å². The summed E-state index contributed by atoms with van der Waals surface area (Å²) in [6.45, 7) is 2.04. The molecule has 2 rings (SSSR count). The van der Waals surface area contributed by atoms with Crippen molar-refractivity contribution in [3.05, 3.63) is 36.5 Å². The Bertz CT molecular complexity index is 369. The Kier molecular flexibility index (Phi) is 2.40. The summed E-state index contributed by atoms with van der Waals surface area (Å²) in [5.74, 6) is 0.765. The van der Waals surface area contributed by atoms with Crippen LogP contribution in [-0.4, -0.2) is 20.2 Å². The van der Waals surface area contributed by atoms with Crippen molar-refractivity contribution in [2.45, 2.75) is 13.0 Å². The number of hydrogen-bond acceptors (Lipinski definition) is 4. The molecule has 0 aromatic carbocycles. The Balaban J connectivity index is 2.06. The molecule has 1 unspecified atom stereocenters. The first kappa shape index (κ1) is 8.68. The van der Waals surface area contributed by atoms with E-state index in [0.717, 1.165) is 11.4 Å². The number of aromatic nitrogens is 4. The second kappa shape index (κ2) is 3.87. The highest BCUT2D eigenvalue weighted by Crippen LogP contribution is 2.14. The lowest BCUT2D eigenvalue weighted by Crippen LogP contribution is -2.06. The van der Waals surface area contributed by atoms with Crippen molar-refractivity contribution in [3.63, 3.8) is 0 Å². The first-order chi connectivity index (χ1) is 6.86. The molecule has 14 heavy (non-hydrogen) atoms. The molecular weight excluding hydrogens is 178 g/mol. The molecule has 1 atom stereocenters. The van der Waals surface area contributed by atoms with Gasteiger partial charge in [-0.3, -0.25) is 10.1 Å². The summed E-state index contributed by atoms with van der Waals surface area (Å²) in [6.07, 6.45) is 8.64. The largest absolute Gasteiger partial charge is 0.362 e. The predicted molar refractivity (Wildman–Crippen MR) is 52.7 cm³/mol. The maximum absolute atomic E-state index is 4.12. The molecule has 0 spiro atoms. The van der Waals surface area contributed by atoms with Crippen molar-refractivity contribution < 1.29 is 0 Å². The maximum Gasteiger partial charge on any atom is 0.144 e. The molecule has 5 heteroatoms. The topological polar surface area (TPSA) is 66.5 Å². The molecule has 2 N–H and O–H groups in total. The molecule has 5 nitrogen and oxygen atoms in total. The first-order valence-electron chi connectivity index (χ1n) is 4.37. The molecule has 0 radical (unpaired) electrons. The van der Waals surface area contributed by atoms with Crippen LogP contribution in [0.15, 0.2) is 31.0 Å². The fraction of sp³-hybridized carbons (Fsp3) is 0.222. The van der Waals surface area contributed by atoms with Gasteiger partial charge < -0.3 is 5.32 Å². The van der Waals surface area contributed by atoms with E-state index >= 15 is 0 Å². The highest BCUT2D eigenvalue weighted by molar-refractivity contribution is 5.33. The van der Waals surface area contributed by atoms with Gasteiger partial charge in [0.1, 0.15) is 5.82 Å². The van der Waals surface area contributed by atoms with E-state index in [0.29, 0.717) is 0 Å². The number of hydrogen-bond donors (Lipinski definition) is 2. The smallest absolute Gasteiger partial charge is 0.144 e. The summed E-state index contributed by atoms with van der Waals surface area (Å²) in [5.41, 5.74) is 1.09. The van der Waals surface area contributed by atoms with Crippen molar-refractivity contribution >= 4 is 5.82 Å². The van der Waals surface area contributed by atoms with Crippen LogP contribution in [-0.2, 0) is 0 Å². The predicted octanol–water partition coefficient (Wildman–Crippen LogP) is 1.37. The quantitative estimate of drug-likeness (QED) is 0.765. The lowest BCUT2D eigenvalue weighted by molar-refractivity contribution is 0.872. The highest BCUT2D eigenvalue weighted by atomic mass is 15.1. The van der Waals surface area contributed by atoms with Crippen molar-refractivity contribution in [1.29, 1.82) is 0 Å². The number of rotatable bonds is 3. The summed E-state index contributed by atoms with van der Waals surface area (Å²) in [6, 6.07) is 0.172. The van der Waals surface area contributed by atoms with Crippen LogP contribution in [0.25, 0.3) is 0 Å². The first-order valence-corrected chi connectivity index (χ1v) is 4.37. The molecule has 2 aromatic rings. The van der Waals surface area contributed by atoms with Gasteiger partial charge in [-0.1, -0.05) is 0 Å². The molecule has 0 fully saturated rings. The van der Waals surface area contributed by atoms with Gasteiger partial charge in [0.15, 0.2) is 0 Å². The van der Waals surface area contributed by atoms with E-state index in [4.69, 9.17) is 0 Å². The molecule has 0 saturated carbocycles. The van der Waals surface area contributed by atoms with Crippen LogP contribution < -0.4 is 5.32 Å². The molecule has 0 aliphatic carbocycles. The van der Waals surface area contributed by atoms with Crippen molar-refractivity contribution in [3.8, 4) is 0 Å². The van der Waals surface area contributed by atoms with Crippen molar-refractivity contribution in [2.24, 2.45) is 0 Å². The van der Waals surface area contributed by atoms with E-state index in [-0.39, 0.29) is 6.04 Å². The number of anilines is 1. The monoisotopic (exact) mass is 189 g/mol. The van der Waals surface area contributed by atoms with E-state index in [2.05, 4.69) is 25.5 Å². The van der Waals surface area contributed by atoms with Crippen LogP contribution in [0.4, 0.5) is 5.82 Å². The van der Waals surface area contributed by atoms with Crippen LogP contribution in [0.1, 0.15) is 18.5 Å². The number of nitrogens with zero attached hydrogens (tertiary/aromatic N) is 3. The fourth-order valence-corrected chi connectivity index (χ4v) is 1.18.